The van der Waals surface area contributed by atoms with Crippen LogP contribution in [0.15, 0.2) is 11.3 Å². The first-order valence-electron chi connectivity index (χ1n) is 4.01. The molecule has 0 spiro atoms. The van der Waals surface area contributed by atoms with Crippen LogP contribution in [0.5, 0.6) is 0 Å². The molecule has 2 nitrogen and oxygen atoms in total. The zero-order chi connectivity index (χ0) is 10.9. The van der Waals surface area contributed by atoms with Gasteiger partial charge in [-0.2, -0.15) is 13.2 Å². The molecule has 1 rings (SSSR count). The maximum Gasteiger partial charge on any atom is 0.449 e. The number of alkyl halides is 4. The first-order chi connectivity index (χ1) is 6.34. The van der Waals surface area contributed by atoms with Gasteiger partial charge in [0.2, 0.25) is 5.76 Å². The number of halogens is 4. The molecule has 14 heavy (non-hydrogen) atoms. The molecule has 1 fully saturated rings. The van der Waals surface area contributed by atoms with E-state index < -0.39 is 28.1 Å². The summed E-state index contributed by atoms with van der Waals surface area (Å²) >= 11 is 2.97. The number of carbonyl (C=O) groups is 1. The van der Waals surface area contributed by atoms with E-state index in [0.717, 1.165) is 0 Å². The minimum Gasteiger partial charge on any atom is -0.504 e. The van der Waals surface area contributed by atoms with Crippen molar-refractivity contribution in [3.8, 4) is 0 Å². The molecule has 0 bridgehead atoms. The Morgan fingerprint density at radius 1 is 1.50 bits per heavy atom. The second kappa shape index (κ2) is 3.92. The van der Waals surface area contributed by atoms with Gasteiger partial charge in [-0.3, -0.25) is 4.79 Å². The molecule has 0 saturated heterocycles. The number of rotatable bonds is 0. The predicted molar refractivity (Wildman–Crippen MR) is 47.3 cm³/mol. The summed E-state index contributed by atoms with van der Waals surface area (Å²) in [6.07, 6.45) is -3.86. The van der Waals surface area contributed by atoms with Crippen molar-refractivity contribution in [2.45, 2.75) is 30.3 Å². The first kappa shape index (κ1) is 11.6. The van der Waals surface area contributed by atoms with E-state index in [1.807, 2.05) is 0 Å². The van der Waals surface area contributed by atoms with Gasteiger partial charge in [0.1, 0.15) is 0 Å². The lowest BCUT2D eigenvalue weighted by atomic mass is 9.92. The van der Waals surface area contributed by atoms with Crippen LogP contribution in [0.25, 0.3) is 0 Å². The lowest BCUT2D eigenvalue weighted by molar-refractivity contribution is -0.128. The number of hydrogen-bond donors (Lipinski definition) is 1. The third kappa shape index (κ3) is 2.29. The van der Waals surface area contributed by atoms with Gasteiger partial charge in [0.15, 0.2) is 5.78 Å². The van der Waals surface area contributed by atoms with Crippen LogP contribution in [0, 0.1) is 0 Å². The number of hydrogen-bond acceptors (Lipinski definition) is 2. The fraction of sp³-hybridized carbons (Fsp3) is 0.625. The Hall–Kier alpha value is -0.520. The Labute approximate surface area is 86.9 Å². The second-order valence-corrected chi connectivity index (χ2v) is 4.15. The average Bonchev–Trinajstić information content (AvgIpc) is 2.07. The standard InChI is InChI=1S/C8H8BrF3O2/c9-5-3-1-2-4(6(5)13)7(14)8(10,11)12/h5,14H,1-3H2/b7-4+. The minimum absolute atomic E-state index is 0.00766. The van der Waals surface area contributed by atoms with Crippen molar-refractivity contribution in [1.82, 2.24) is 0 Å². The van der Waals surface area contributed by atoms with E-state index in [9.17, 15) is 18.0 Å². The van der Waals surface area contributed by atoms with Gasteiger partial charge in [-0.25, -0.2) is 0 Å². The van der Waals surface area contributed by atoms with Crippen molar-refractivity contribution in [2.75, 3.05) is 0 Å². The van der Waals surface area contributed by atoms with E-state index in [1.54, 1.807) is 0 Å². The molecule has 0 heterocycles. The summed E-state index contributed by atoms with van der Waals surface area (Å²) in [5, 5.41) is 8.81. The summed E-state index contributed by atoms with van der Waals surface area (Å²) in [6, 6.07) is 0. The molecule has 1 saturated carbocycles. The van der Waals surface area contributed by atoms with Gasteiger partial charge >= 0.3 is 6.18 Å². The van der Waals surface area contributed by atoms with Crippen LogP contribution in [0.1, 0.15) is 19.3 Å². The number of ketones is 1. The van der Waals surface area contributed by atoms with Gasteiger partial charge in [-0.15, -0.1) is 0 Å². The molecule has 0 aromatic carbocycles. The highest BCUT2D eigenvalue weighted by Gasteiger charge is 2.40. The second-order valence-electron chi connectivity index (χ2n) is 3.05. The van der Waals surface area contributed by atoms with Crippen molar-refractivity contribution in [2.24, 2.45) is 0 Å². The van der Waals surface area contributed by atoms with Crippen LogP contribution >= 0.6 is 15.9 Å². The lowest BCUT2D eigenvalue weighted by Gasteiger charge is -2.19. The van der Waals surface area contributed by atoms with Crippen LogP contribution in [0.4, 0.5) is 13.2 Å². The Balaban J connectivity index is 3.01. The molecule has 1 N–H and O–H groups in total. The number of aliphatic hydroxyl groups excluding tert-OH is 1. The largest absolute Gasteiger partial charge is 0.504 e. The molecular weight excluding hydrogens is 265 g/mol. The van der Waals surface area contributed by atoms with E-state index in [4.69, 9.17) is 5.11 Å². The summed E-state index contributed by atoms with van der Waals surface area (Å²) < 4.78 is 36.2. The Morgan fingerprint density at radius 2 is 2.07 bits per heavy atom. The quantitative estimate of drug-likeness (QED) is 0.418. The molecule has 1 aliphatic carbocycles. The smallest absolute Gasteiger partial charge is 0.449 e. The fourth-order valence-corrected chi connectivity index (χ4v) is 1.91. The summed E-state index contributed by atoms with van der Waals surface area (Å²) in [5.74, 6) is -2.40. The zero-order valence-electron chi connectivity index (χ0n) is 7.07. The number of Topliss-reactive ketones (excluding diaryl/α,β-unsaturated/α-hetero) is 1. The first-order valence-corrected chi connectivity index (χ1v) is 4.93. The van der Waals surface area contributed by atoms with Crippen LogP contribution in [-0.4, -0.2) is 21.9 Å². The topological polar surface area (TPSA) is 37.3 Å². The van der Waals surface area contributed by atoms with E-state index in [2.05, 4.69) is 15.9 Å². The van der Waals surface area contributed by atoms with Crippen molar-refractivity contribution >= 4 is 21.7 Å². The summed E-state index contributed by atoms with van der Waals surface area (Å²) in [6.45, 7) is 0. The molecule has 80 valence electrons. The van der Waals surface area contributed by atoms with Gasteiger partial charge in [-0.05, 0) is 19.3 Å². The van der Waals surface area contributed by atoms with Gasteiger partial charge in [0.25, 0.3) is 0 Å². The van der Waals surface area contributed by atoms with Crippen molar-refractivity contribution in [3.05, 3.63) is 11.3 Å². The average molecular weight is 273 g/mol. The molecule has 6 heteroatoms. The van der Waals surface area contributed by atoms with Gasteiger partial charge in [0, 0.05) is 5.57 Å². The SMILES string of the molecule is O=C1/C(=C(/O)C(F)(F)F)CCCC1Br. The molecule has 0 radical (unpaired) electrons. The molecular formula is C8H8BrF3O2. The molecule has 0 aliphatic heterocycles. The molecule has 0 amide bonds. The minimum atomic E-state index is -4.82. The van der Waals surface area contributed by atoms with E-state index in [0.29, 0.717) is 12.8 Å². The Bertz CT molecular complexity index is 283. The molecule has 0 aromatic heterocycles. The third-order valence-corrected chi connectivity index (χ3v) is 2.89. The van der Waals surface area contributed by atoms with E-state index >= 15 is 0 Å². The normalized spacial score (nSPS) is 27.7. The summed E-state index contributed by atoms with van der Waals surface area (Å²) in [5.41, 5.74) is -0.509. The third-order valence-electron chi connectivity index (χ3n) is 2.02. The highest BCUT2D eigenvalue weighted by atomic mass is 79.9. The zero-order valence-corrected chi connectivity index (χ0v) is 8.65. The number of allylic oxidation sites excluding steroid dienone is 2. The summed E-state index contributed by atoms with van der Waals surface area (Å²) in [4.78, 5) is 10.6. The van der Waals surface area contributed by atoms with Crippen molar-refractivity contribution in [3.63, 3.8) is 0 Å². The van der Waals surface area contributed by atoms with Gasteiger partial charge in [0.05, 0.1) is 4.83 Å². The summed E-state index contributed by atoms with van der Waals surface area (Å²) in [7, 11) is 0. The number of carbonyl (C=O) groups excluding carboxylic acids is 1. The monoisotopic (exact) mass is 272 g/mol. The Kier molecular flexibility index (Phi) is 3.24. The maximum atomic E-state index is 12.1. The Morgan fingerprint density at radius 3 is 2.57 bits per heavy atom. The fourth-order valence-electron chi connectivity index (χ4n) is 1.31. The highest BCUT2D eigenvalue weighted by molar-refractivity contribution is 9.10. The maximum absolute atomic E-state index is 12.1. The van der Waals surface area contributed by atoms with Crippen LogP contribution < -0.4 is 0 Å². The molecule has 1 unspecified atom stereocenters. The molecule has 1 aliphatic rings. The molecule has 0 aromatic rings. The van der Waals surface area contributed by atoms with Crippen molar-refractivity contribution < 1.29 is 23.1 Å². The predicted octanol–water partition coefficient (Wildman–Crippen LogP) is 2.88. The highest BCUT2D eigenvalue weighted by Crippen LogP contribution is 2.33. The lowest BCUT2D eigenvalue weighted by Crippen LogP contribution is -2.26. The van der Waals surface area contributed by atoms with Crippen LogP contribution in [0.3, 0.4) is 0 Å². The van der Waals surface area contributed by atoms with Gasteiger partial charge in [-0.1, -0.05) is 15.9 Å². The van der Waals surface area contributed by atoms with Crippen molar-refractivity contribution in [1.29, 1.82) is 0 Å². The van der Waals surface area contributed by atoms with Crippen LogP contribution in [-0.2, 0) is 4.79 Å². The number of aliphatic hydroxyl groups is 1. The van der Waals surface area contributed by atoms with E-state index in [-0.39, 0.29) is 6.42 Å². The van der Waals surface area contributed by atoms with Crippen LogP contribution in [0.2, 0.25) is 0 Å². The molecule has 1 atom stereocenters. The van der Waals surface area contributed by atoms with E-state index in [1.165, 1.54) is 0 Å². The van der Waals surface area contributed by atoms with Gasteiger partial charge < -0.3 is 5.11 Å².